The molecule has 4 N–H and O–H groups in total. The molecule has 0 aliphatic rings. The molecule has 9 heteroatoms. The molecule has 27 heavy (non-hydrogen) atoms. The number of hydrogen-bond donors (Lipinski definition) is 3. The van der Waals surface area contributed by atoms with Crippen LogP contribution in [0.3, 0.4) is 0 Å². The summed E-state index contributed by atoms with van der Waals surface area (Å²) in [5.74, 6) is -0.853. The van der Waals surface area contributed by atoms with E-state index in [0.717, 1.165) is 0 Å². The summed E-state index contributed by atoms with van der Waals surface area (Å²) in [6.45, 7) is 10.2. The smallest absolute Gasteiger partial charge is 0.414 e. The van der Waals surface area contributed by atoms with E-state index in [1.54, 1.807) is 53.7 Å². The molecule has 0 bridgehead atoms. The summed E-state index contributed by atoms with van der Waals surface area (Å²) in [6, 6.07) is 6.07. The molecule has 0 saturated carbocycles. The summed E-state index contributed by atoms with van der Waals surface area (Å²) < 4.78 is 10.3. The first-order valence-electron chi connectivity index (χ1n) is 8.24. The van der Waals surface area contributed by atoms with Crippen LogP contribution in [0.4, 0.5) is 15.3 Å². The lowest BCUT2D eigenvalue weighted by Crippen LogP contribution is -2.47. The molecule has 0 heterocycles. The molecule has 1 aromatic rings. The summed E-state index contributed by atoms with van der Waals surface area (Å²) in [6.07, 6.45) is -1.63. The number of carbonyl (C=O) groups excluding carboxylic acids is 3. The van der Waals surface area contributed by atoms with E-state index in [-0.39, 0.29) is 17.2 Å². The lowest BCUT2D eigenvalue weighted by molar-refractivity contribution is 0.0545. The van der Waals surface area contributed by atoms with Crippen LogP contribution < -0.4 is 16.4 Å². The van der Waals surface area contributed by atoms with E-state index in [2.05, 4.69) is 15.6 Å². The quantitative estimate of drug-likeness (QED) is 0.538. The van der Waals surface area contributed by atoms with Crippen LogP contribution >= 0.6 is 0 Å². The van der Waals surface area contributed by atoms with Crippen LogP contribution in [0, 0.1) is 0 Å². The Morgan fingerprint density at radius 1 is 0.926 bits per heavy atom. The molecular weight excluding hydrogens is 352 g/mol. The van der Waals surface area contributed by atoms with Crippen molar-refractivity contribution < 1.29 is 23.9 Å². The fraction of sp³-hybridized carbons (Fsp3) is 0.444. The lowest BCUT2D eigenvalue weighted by Gasteiger charge is -2.22. The van der Waals surface area contributed by atoms with Gasteiger partial charge in [-0.1, -0.05) is 6.07 Å². The zero-order valence-electron chi connectivity index (χ0n) is 16.4. The monoisotopic (exact) mass is 378 g/mol. The third kappa shape index (κ3) is 9.24. The molecular formula is C18H26N4O5. The van der Waals surface area contributed by atoms with Gasteiger partial charge in [-0.2, -0.15) is 0 Å². The standard InChI is InChI=1S/C18H26N4O5/c1-17(2,3)26-15(24)21-14(22-16(25)27-18(4,5)6)20-12-9-7-8-11(10-12)13(19)23/h7-10H,1-6H3,(H2,19,23)(H2,20,21,22,24,25). The maximum atomic E-state index is 12.0. The van der Waals surface area contributed by atoms with Gasteiger partial charge in [0.2, 0.25) is 11.9 Å². The van der Waals surface area contributed by atoms with Gasteiger partial charge in [-0.15, -0.1) is 0 Å². The van der Waals surface area contributed by atoms with Gasteiger partial charge in [0.25, 0.3) is 0 Å². The summed E-state index contributed by atoms with van der Waals surface area (Å²) in [7, 11) is 0. The highest BCUT2D eigenvalue weighted by molar-refractivity contribution is 6.02. The van der Waals surface area contributed by atoms with E-state index in [1.165, 1.54) is 12.1 Å². The fourth-order valence-electron chi connectivity index (χ4n) is 1.75. The number of amides is 3. The maximum Gasteiger partial charge on any atom is 0.414 e. The second-order valence-corrected chi connectivity index (χ2v) is 7.63. The predicted octanol–water partition coefficient (Wildman–Crippen LogP) is 2.82. The Balaban J connectivity index is 3.09. The van der Waals surface area contributed by atoms with Gasteiger partial charge in [-0.25, -0.2) is 14.6 Å². The van der Waals surface area contributed by atoms with Gasteiger partial charge >= 0.3 is 12.2 Å². The van der Waals surface area contributed by atoms with E-state index in [1.807, 2.05) is 0 Å². The second-order valence-electron chi connectivity index (χ2n) is 7.63. The van der Waals surface area contributed by atoms with Gasteiger partial charge in [0.05, 0.1) is 5.69 Å². The van der Waals surface area contributed by atoms with Gasteiger partial charge in [-0.3, -0.25) is 15.4 Å². The largest absolute Gasteiger partial charge is 0.444 e. The van der Waals surface area contributed by atoms with Crippen molar-refractivity contribution >= 4 is 29.7 Å². The topological polar surface area (TPSA) is 132 Å². The number of hydrogen-bond acceptors (Lipinski definition) is 6. The van der Waals surface area contributed by atoms with Crippen molar-refractivity contribution in [2.45, 2.75) is 52.7 Å². The number of guanidine groups is 1. The van der Waals surface area contributed by atoms with Crippen molar-refractivity contribution in [1.82, 2.24) is 10.6 Å². The predicted molar refractivity (Wildman–Crippen MR) is 101 cm³/mol. The van der Waals surface area contributed by atoms with Crippen LogP contribution in [-0.2, 0) is 9.47 Å². The molecule has 1 rings (SSSR count). The summed E-state index contributed by atoms with van der Waals surface area (Å²) >= 11 is 0. The lowest BCUT2D eigenvalue weighted by atomic mass is 10.2. The van der Waals surface area contributed by atoms with Crippen LogP contribution in [0.25, 0.3) is 0 Å². The van der Waals surface area contributed by atoms with Crippen LogP contribution in [-0.4, -0.2) is 35.3 Å². The summed E-state index contributed by atoms with van der Waals surface area (Å²) in [5.41, 5.74) is 4.27. The highest BCUT2D eigenvalue weighted by atomic mass is 16.6. The van der Waals surface area contributed by atoms with E-state index in [4.69, 9.17) is 15.2 Å². The van der Waals surface area contributed by atoms with E-state index < -0.39 is 29.3 Å². The summed E-state index contributed by atoms with van der Waals surface area (Å²) in [5, 5.41) is 4.70. The Kier molecular flexibility index (Phi) is 6.93. The Bertz CT molecular complexity index is 713. The Morgan fingerprint density at radius 2 is 1.41 bits per heavy atom. The van der Waals surface area contributed by atoms with Crippen LogP contribution in [0.1, 0.15) is 51.9 Å². The number of nitrogens with one attached hydrogen (secondary N) is 2. The van der Waals surface area contributed by atoms with Crippen LogP contribution in [0.15, 0.2) is 29.3 Å². The zero-order valence-corrected chi connectivity index (χ0v) is 16.4. The number of benzene rings is 1. The van der Waals surface area contributed by atoms with Crippen molar-refractivity contribution in [2.75, 3.05) is 0 Å². The number of carbonyl (C=O) groups is 3. The van der Waals surface area contributed by atoms with Crippen molar-refractivity contribution in [1.29, 1.82) is 0 Å². The molecule has 1 aromatic carbocycles. The molecule has 0 aromatic heterocycles. The van der Waals surface area contributed by atoms with Crippen molar-refractivity contribution in [3.8, 4) is 0 Å². The first kappa shape index (κ1) is 21.9. The van der Waals surface area contributed by atoms with Crippen LogP contribution in [0.5, 0.6) is 0 Å². The molecule has 0 aliphatic carbocycles. The number of aliphatic imine (C=N–C) groups is 1. The van der Waals surface area contributed by atoms with Crippen molar-refractivity contribution in [3.05, 3.63) is 29.8 Å². The first-order valence-corrected chi connectivity index (χ1v) is 8.24. The molecule has 0 atom stereocenters. The third-order valence-electron chi connectivity index (χ3n) is 2.61. The SMILES string of the molecule is CC(C)(C)OC(=O)NC(=Nc1cccc(C(N)=O)c1)NC(=O)OC(C)(C)C. The van der Waals surface area contributed by atoms with Gasteiger partial charge in [-0.05, 0) is 59.7 Å². The molecule has 0 saturated heterocycles. The third-order valence-corrected chi connectivity index (χ3v) is 2.61. The normalized spacial score (nSPS) is 11.2. The number of alkyl carbamates (subject to hydrolysis) is 2. The Labute approximate surface area is 158 Å². The maximum absolute atomic E-state index is 12.0. The molecule has 0 radical (unpaired) electrons. The molecule has 0 aliphatic heterocycles. The number of nitrogens with two attached hydrogens (primary N) is 1. The van der Waals surface area contributed by atoms with Crippen molar-refractivity contribution in [2.24, 2.45) is 10.7 Å². The zero-order chi connectivity index (χ0) is 20.8. The van der Waals surface area contributed by atoms with Gasteiger partial charge in [0.1, 0.15) is 11.2 Å². The van der Waals surface area contributed by atoms with E-state index in [9.17, 15) is 14.4 Å². The fourth-order valence-corrected chi connectivity index (χ4v) is 1.75. The van der Waals surface area contributed by atoms with Crippen LogP contribution in [0.2, 0.25) is 0 Å². The molecule has 148 valence electrons. The van der Waals surface area contributed by atoms with Gasteiger partial charge in [0.15, 0.2) is 0 Å². The average Bonchev–Trinajstić information content (AvgIpc) is 2.42. The minimum absolute atomic E-state index is 0.222. The summed E-state index contributed by atoms with van der Waals surface area (Å²) in [4.78, 5) is 39.5. The minimum Gasteiger partial charge on any atom is -0.444 e. The molecule has 9 nitrogen and oxygen atoms in total. The molecule has 0 spiro atoms. The second kappa shape index (κ2) is 8.52. The highest BCUT2D eigenvalue weighted by Gasteiger charge is 2.21. The Hall–Kier alpha value is -3.10. The minimum atomic E-state index is -0.816. The number of nitrogens with zero attached hydrogens (tertiary/aromatic N) is 1. The van der Waals surface area contributed by atoms with Crippen molar-refractivity contribution in [3.63, 3.8) is 0 Å². The number of rotatable bonds is 2. The van der Waals surface area contributed by atoms with E-state index in [0.29, 0.717) is 0 Å². The molecule has 0 unspecified atom stereocenters. The average molecular weight is 378 g/mol. The van der Waals surface area contributed by atoms with Gasteiger partial charge < -0.3 is 15.2 Å². The highest BCUT2D eigenvalue weighted by Crippen LogP contribution is 2.14. The van der Waals surface area contributed by atoms with E-state index >= 15 is 0 Å². The molecule has 3 amide bonds. The van der Waals surface area contributed by atoms with Gasteiger partial charge in [0, 0.05) is 5.56 Å². The Morgan fingerprint density at radius 3 is 1.81 bits per heavy atom. The first-order chi connectivity index (χ1) is 12.2. The molecule has 0 fully saturated rings. The number of ether oxygens (including phenoxy) is 2. The number of primary amides is 1.